The second-order valence-corrected chi connectivity index (χ2v) is 13.7. The fourth-order valence-electron chi connectivity index (χ4n) is 7.66. The number of nitrogens with zero attached hydrogens (tertiary/aromatic N) is 3. The first kappa shape index (κ1) is 32.2. The van der Waals surface area contributed by atoms with E-state index in [1.807, 2.05) is 18.5 Å². The molecule has 5 aromatic rings. The molecule has 248 valence electrons. The molecule has 3 aromatic heterocycles. The molecule has 1 aliphatic carbocycles. The number of benzene rings is 2. The Morgan fingerprint density at radius 3 is 2.69 bits per heavy atom. The molecular weight excluding hydrogens is 595 g/mol. The molecule has 0 amide bonds. The van der Waals surface area contributed by atoms with E-state index in [1.54, 1.807) is 18.2 Å². The largest absolute Gasteiger partial charge is 0.357 e. The number of hydrogen-bond acceptors (Lipinski definition) is 4. The zero-order valence-corrected chi connectivity index (χ0v) is 28.1. The van der Waals surface area contributed by atoms with Crippen molar-refractivity contribution < 1.29 is 4.39 Å². The highest BCUT2D eigenvalue weighted by atomic mass is 19.1. The van der Waals surface area contributed by atoms with Crippen LogP contribution in [0.2, 0.25) is 0 Å². The maximum Gasteiger partial charge on any atom is 0.124 e. The molecule has 7 rings (SSSR count). The number of hydrogen-bond donors (Lipinski definition) is 3. The first-order valence-corrected chi connectivity index (χ1v) is 17.7. The number of nitrogens with one attached hydrogen (secondary N) is 3. The Bertz CT molecular complexity index is 1900. The maximum absolute atomic E-state index is 15.0. The van der Waals surface area contributed by atoms with Gasteiger partial charge in [-0.1, -0.05) is 43.7 Å². The van der Waals surface area contributed by atoms with Crippen LogP contribution in [0, 0.1) is 18.7 Å². The van der Waals surface area contributed by atoms with Gasteiger partial charge in [0, 0.05) is 41.1 Å². The number of halogens is 1. The van der Waals surface area contributed by atoms with E-state index in [9.17, 15) is 0 Å². The fourth-order valence-corrected chi connectivity index (χ4v) is 7.66. The summed E-state index contributed by atoms with van der Waals surface area (Å²) in [5.41, 5.74) is 10.9. The highest BCUT2D eigenvalue weighted by molar-refractivity contribution is 5.96. The van der Waals surface area contributed by atoms with Gasteiger partial charge in [0.1, 0.15) is 11.5 Å². The van der Waals surface area contributed by atoms with E-state index >= 15 is 4.39 Å². The normalized spacial score (nSPS) is 16.0. The first-order valence-electron chi connectivity index (χ1n) is 17.7. The number of pyridine rings is 1. The molecule has 7 heteroatoms. The summed E-state index contributed by atoms with van der Waals surface area (Å²) in [6.07, 6.45) is 17.5. The van der Waals surface area contributed by atoms with E-state index in [-0.39, 0.29) is 5.82 Å². The second-order valence-electron chi connectivity index (χ2n) is 13.7. The molecule has 2 aromatic carbocycles. The number of aromatic amines is 2. The Morgan fingerprint density at radius 1 is 1.00 bits per heavy atom. The zero-order chi connectivity index (χ0) is 32.9. The molecule has 0 unspecified atom stereocenters. The minimum absolute atomic E-state index is 0.207. The van der Waals surface area contributed by atoms with Gasteiger partial charge in [0.15, 0.2) is 0 Å². The minimum atomic E-state index is -0.207. The summed E-state index contributed by atoms with van der Waals surface area (Å²) in [6, 6.07) is 16.2. The maximum atomic E-state index is 15.0. The van der Waals surface area contributed by atoms with Crippen LogP contribution in [0.4, 0.5) is 4.39 Å². The van der Waals surface area contributed by atoms with Crippen LogP contribution in [0.15, 0.2) is 79.7 Å². The summed E-state index contributed by atoms with van der Waals surface area (Å²) in [5.74, 6) is 0.602. The van der Waals surface area contributed by atoms with Gasteiger partial charge in [0.05, 0.1) is 11.2 Å². The molecule has 0 spiro atoms. The van der Waals surface area contributed by atoms with Crippen molar-refractivity contribution in [2.75, 3.05) is 26.2 Å². The SMILES string of the molecule is C=C/C=C(/c1cc(F)cc(CCCN2CCCC2)c1)c1cc(-c2n[nH]c3ccc(-c4cncc(CNCC5CCCC5)c4)cc23)[nH]c1C. The molecule has 3 N–H and O–H groups in total. The van der Waals surface area contributed by atoms with Crippen molar-refractivity contribution in [2.24, 2.45) is 5.92 Å². The lowest BCUT2D eigenvalue weighted by molar-refractivity contribution is 0.334. The van der Waals surface area contributed by atoms with Crippen molar-refractivity contribution in [3.05, 3.63) is 113 Å². The highest BCUT2D eigenvalue weighted by Gasteiger charge is 2.18. The van der Waals surface area contributed by atoms with Crippen molar-refractivity contribution in [1.29, 1.82) is 0 Å². The van der Waals surface area contributed by atoms with E-state index in [1.165, 1.54) is 57.2 Å². The molecule has 0 atom stereocenters. The second kappa shape index (κ2) is 14.8. The average Bonchev–Trinajstić information content (AvgIpc) is 3.92. The smallest absolute Gasteiger partial charge is 0.124 e. The van der Waals surface area contributed by atoms with Gasteiger partial charge < -0.3 is 15.2 Å². The number of allylic oxidation sites excluding steroid dienone is 2. The third-order valence-electron chi connectivity index (χ3n) is 10.2. The Kier molecular flexibility index (Phi) is 9.96. The predicted molar refractivity (Wildman–Crippen MR) is 195 cm³/mol. The number of likely N-dealkylation sites (tertiary alicyclic amines) is 1. The summed E-state index contributed by atoms with van der Waals surface area (Å²) < 4.78 is 15.0. The molecular formula is C41H47FN6. The van der Waals surface area contributed by atoms with E-state index in [4.69, 9.17) is 5.10 Å². The molecule has 1 aliphatic heterocycles. The van der Waals surface area contributed by atoms with Crippen molar-refractivity contribution in [2.45, 2.75) is 64.8 Å². The Hall–Kier alpha value is -4.33. The van der Waals surface area contributed by atoms with Crippen molar-refractivity contribution in [3.63, 3.8) is 0 Å². The number of aromatic nitrogens is 4. The lowest BCUT2D eigenvalue weighted by atomic mass is 9.94. The van der Waals surface area contributed by atoms with Gasteiger partial charge in [-0.3, -0.25) is 10.1 Å². The molecule has 0 radical (unpaired) electrons. The van der Waals surface area contributed by atoms with E-state index < -0.39 is 0 Å². The van der Waals surface area contributed by atoms with Crippen LogP contribution in [0.3, 0.4) is 0 Å². The van der Waals surface area contributed by atoms with Gasteiger partial charge in [0.2, 0.25) is 0 Å². The van der Waals surface area contributed by atoms with Crippen LogP contribution in [0.25, 0.3) is 39.0 Å². The Morgan fingerprint density at radius 2 is 1.85 bits per heavy atom. The molecule has 2 aliphatic rings. The lowest BCUT2D eigenvalue weighted by Gasteiger charge is -2.15. The average molecular weight is 643 g/mol. The molecule has 4 heterocycles. The topological polar surface area (TPSA) is 72.6 Å². The molecule has 2 fully saturated rings. The van der Waals surface area contributed by atoms with Crippen molar-refractivity contribution >= 4 is 16.5 Å². The van der Waals surface area contributed by atoms with Gasteiger partial charge >= 0.3 is 0 Å². The quantitative estimate of drug-likeness (QED) is 0.112. The highest BCUT2D eigenvalue weighted by Crippen LogP contribution is 2.35. The molecule has 1 saturated heterocycles. The molecule has 6 nitrogen and oxygen atoms in total. The summed E-state index contributed by atoms with van der Waals surface area (Å²) in [6.45, 7) is 11.4. The molecule has 1 saturated carbocycles. The van der Waals surface area contributed by atoms with E-state index in [0.717, 1.165) is 99.8 Å². The Balaban J connectivity index is 1.12. The van der Waals surface area contributed by atoms with E-state index in [2.05, 4.69) is 75.2 Å². The van der Waals surface area contributed by atoms with Gasteiger partial charge in [-0.25, -0.2) is 4.39 Å². The summed E-state index contributed by atoms with van der Waals surface area (Å²) >= 11 is 0. The van der Waals surface area contributed by atoms with E-state index in [0.29, 0.717) is 0 Å². The summed E-state index contributed by atoms with van der Waals surface area (Å²) in [5, 5.41) is 12.6. The Labute approximate surface area is 283 Å². The number of H-pyrrole nitrogens is 2. The summed E-state index contributed by atoms with van der Waals surface area (Å²) in [4.78, 5) is 10.7. The molecule has 48 heavy (non-hydrogen) atoms. The van der Waals surface area contributed by atoms with Crippen LogP contribution in [0.5, 0.6) is 0 Å². The monoisotopic (exact) mass is 642 g/mol. The number of fused-ring (bicyclic) bond motifs is 1. The van der Waals surface area contributed by atoms with Crippen LogP contribution >= 0.6 is 0 Å². The van der Waals surface area contributed by atoms with Crippen molar-refractivity contribution in [1.82, 2.24) is 30.4 Å². The van der Waals surface area contributed by atoms with Crippen LogP contribution in [-0.2, 0) is 13.0 Å². The lowest BCUT2D eigenvalue weighted by Crippen LogP contribution is -2.20. The standard InChI is InChI=1S/C41H47FN6/c1-3-9-36(33-18-30(20-35(42)21-33)12-8-17-48-15-6-7-16-48)37-23-40(45-28(37)2)41-38-22-32(13-14-39(38)46-47-41)34-19-31(26-44-27-34)25-43-24-29-10-4-5-11-29/h3,9,13-14,18-23,26-27,29,43,45H,1,4-8,10-12,15-17,24-25H2,2H3,(H,46,47)/b36-9-. The third-order valence-corrected chi connectivity index (χ3v) is 10.2. The minimum Gasteiger partial charge on any atom is -0.357 e. The number of aryl methyl sites for hydroxylation is 2. The molecule has 0 bridgehead atoms. The van der Waals surface area contributed by atoms with Crippen LogP contribution in [-0.4, -0.2) is 51.2 Å². The first-order chi connectivity index (χ1) is 23.5. The number of rotatable bonds is 13. The summed E-state index contributed by atoms with van der Waals surface area (Å²) in [7, 11) is 0. The van der Waals surface area contributed by atoms with Gasteiger partial charge in [0.25, 0.3) is 0 Å². The van der Waals surface area contributed by atoms with Crippen molar-refractivity contribution in [3.8, 4) is 22.5 Å². The van der Waals surface area contributed by atoms with Gasteiger partial charge in [-0.05, 0) is 142 Å². The van der Waals surface area contributed by atoms with Gasteiger partial charge in [-0.2, -0.15) is 5.10 Å². The zero-order valence-electron chi connectivity index (χ0n) is 28.1. The van der Waals surface area contributed by atoms with Crippen LogP contribution in [0.1, 0.15) is 72.9 Å². The fraction of sp³-hybridized carbons (Fsp3) is 0.366. The third kappa shape index (κ3) is 7.38. The van der Waals surface area contributed by atoms with Gasteiger partial charge in [-0.15, -0.1) is 0 Å². The van der Waals surface area contributed by atoms with Crippen LogP contribution < -0.4 is 5.32 Å². The predicted octanol–water partition coefficient (Wildman–Crippen LogP) is 8.99.